The Morgan fingerprint density at radius 3 is 2.43 bits per heavy atom. The smallest absolute Gasteiger partial charge is 0.167 e. The summed E-state index contributed by atoms with van der Waals surface area (Å²) in [5.41, 5.74) is 2.73. The molecule has 0 saturated heterocycles. The van der Waals surface area contributed by atoms with Crippen LogP contribution >= 0.6 is 0 Å². The summed E-state index contributed by atoms with van der Waals surface area (Å²) >= 11 is 0. The Bertz CT molecular complexity index is 1180. The third-order valence-corrected chi connectivity index (χ3v) is 7.30. The zero-order valence-electron chi connectivity index (χ0n) is 15.4. The fourth-order valence-corrected chi connectivity index (χ4v) is 6.19. The number of aliphatic hydroxyl groups excluding tert-OH is 1. The second-order valence-electron chi connectivity index (χ2n) is 8.44. The maximum atomic E-state index is 13.4. The Labute approximate surface area is 163 Å². The molecule has 1 fully saturated rings. The largest absolute Gasteiger partial charge is 0.392 e. The number of Topliss-reactive ketones (excluding diaryl/α,β-unsaturated/α-hetero) is 2. The molecule has 3 aromatic carbocycles. The zero-order chi connectivity index (χ0) is 19.0. The van der Waals surface area contributed by atoms with Crippen LogP contribution in [0, 0.1) is 5.92 Å². The molecule has 3 nitrogen and oxygen atoms in total. The van der Waals surface area contributed by atoms with Crippen molar-refractivity contribution in [1.29, 1.82) is 0 Å². The molecule has 0 aromatic heterocycles. The Kier molecular flexibility index (Phi) is 3.12. The molecule has 3 aliphatic carbocycles. The first-order valence-electron chi connectivity index (χ1n) is 9.99. The van der Waals surface area contributed by atoms with Crippen molar-refractivity contribution in [3.63, 3.8) is 0 Å². The average Bonchev–Trinajstić information content (AvgIpc) is 3.16. The molecule has 0 unspecified atom stereocenters. The number of benzene rings is 3. The van der Waals surface area contributed by atoms with E-state index in [9.17, 15) is 14.7 Å². The molecule has 3 aliphatic rings. The molecule has 0 aliphatic heterocycles. The van der Waals surface area contributed by atoms with Crippen LogP contribution in [-0.4, -0.2) is 22.8 Å². The Morgan fingerprint density at radius 2 is 1.61 bits per heavy atom. The van der Waals surface area contributed by atoms with Gasteiger partial charge in [0, 0.05) is 23.8 Å². The molecule has 3 heteroatoms. The summed E-state index contributed by atoms with van der Waals surface area (Å²) in [6.45, 7) is 0. The number of hydrogen-bond donors (Lipinski definition) is 1. The Hall–Kier alpha value is -2.78. The number of fused-ring (bicyclic) bond motifs is 7. The highest BCUT2D eigenvalue weighted by Gasteiger charge is 2.65. The molecule has 1 spiro atoms. The van der Waals surface area contributed by atoms with Crippen molar-refractivity contribution in [2.24, 2.45) is 5.92 Å². The van der Waals surface area contributed by atoms with E-state index < -0.39 is 11.5 Å². The van der Waals surface area contributed by atoms with Crippen LogP contribution in [0.3, 0.4) is 0 Å². The molecule has 0 heterocycles. The minimum absolute atomic E-state index is 0.0810. The van der Waals surface area contributed by atoms with Gasteiger partial charge in [0.2, 0.25) is 0 Å². The summed E-state index contributed by atoms with van der Waals surface area (Å²) in [6.07, 6.45) is 0.669. The molecule has 0 bridgehead atoms. The number of aliphatic hydroxyl groups is 1. The highest BCUT2D eigenvalue weighted by Crippen LogP contribution is 2.61. The van der Waals surface area contributed by atoms with E-state index in [1.165, 1.54) is 0 Å². The van der Waals surface area contributed by atoms with Crippen molar-refractivity contribution in [1.82, 2.24) is 0 Å². The van der Waals surface area contributed by atoms with E-state index in [1.54, 1.807) is 0 Å². The second-order valence-corrected chi connectivity index (χ2v) is 8.44. The van der Waals surface area contributed by atoms with E-state index in [0.29, 0.717) is 19.3 Å². The van der Waals surface area contributed by atoms with Gasteiger partial charge in [0.05, 0.1) is 11.5 Å². The summed E-state index contributed by atoms with van der Waals surface area (Å²) in [5, 5.41) is 13.3. The molecule has 138 valence electrons. The minimum atomic E-state index is -0.997. The van der Waals surface area contributed by atoms with Gasteiger partial charge in [-0.3, -0.25) is 9.59 Å². The molecule has 1 saturated carbocycles. The lowest BCUT2D eigenvalue weighted by Gasteiger charge is -2.41. The first kappa shape index (κ1) is 16.2. The maximum absolute atomic E-state index is 13.4. The summed E-state index contributed by atoms with van der Waals surface area (Å²) in [6, 6.07) is 20.1. The van der Waals surface area contributed by atoms with E-state index in [4.69, 9.17) is 0 Å². The van der Waals surface area contributed by atoms with Gasteiger partial charge >= 0.3 is 0 Å². The van der Waals surface area contributed by atoms with Crippen molar-refractivity contribution in [2.75, 3.05) is 0 Å². The van der Waals surface area contributed by atoms with Crippen LogP contribution in [0.25, 0.3) is 10.8 Å². The fraction of sp³-hybridized carbons (Fsp3) is 0.280. The van der Waals surface area contributed by atoms with Crippen LogP contribution in [0.1, 0.15) is 45.8 Å². The number of hydrogen-bond acceptors (Lipinski definition) is 3. The van der Waals surface area contributed by atoms with Crippen LogP contribution in [0.5, 0.6) is 0 Å². The molecule has 0 amide bonds. The van der Waals surface area contributed by atoms with E-state index in [1.807, 2.05) is 48.5 Å². The van der Waals surface area contributed by atoms with E-state index >= 15 is 0 Å². The lowest BCUT2D eigenvalue weighted by atomic mass is 9.60. The summed E-state index contributed by atoms with van der Waals surface area (Å²) in [5.74, 6) is -0.432. The monoisotopic (exact) mass is 368 g/mol. The normalized spacial score (nSPS) is 30.5. The van der Waals surface area contributed by atoms with Crippen LogP contribution in [0.15, 0.2) is 60.7 Å². The molecule has 6 rings (SSSR count). The fourth-order valence-electron chi connectivity index (χ4n) is 6.19. The van der Waals surface area contributed by atoms with Gasteiger partial charge < -0.3 is 5.11 Å². The highest BCUT2D eigenvalue weighted by molar-refractivity contribution is 6.09. The van der Waals surface area contributed by atoms with Gasteiger partial charge in [0.15, 0.2) is 5.78 Å². The van der Waals surface area contributed by atoms with Crippen LogP contribution in [0.2, 0.25) is 0 Å². The Morgan fingerprint density at radius 1 is 0.893 bits per heavy atom. The number of aryl methyl sites for hydroxylation is 1. The summed E-state index contributed by atoms with van der Waals surface area (Å²) in [4.78, 5) is 26.7. The van der Waals surface area contributed by atoms with E-state index in [-0.39, 0.29) is 23.4 Å². The maximum Gasteiger partial charge on any atom is 0.167 e. The third kappa shape index (κ3) is 1.78. The van der Waals surface area contributed by atoms with E-state index in [2.05, 4.69) is 12.1 Å². The molecular formula is C25H20O3. The van der Waals surface area contributed by atoms with Crippen molar-refractivity contribution < 1.29 is 14.7 Å². The number of rotatable bonds is 0. The predicted octanol–water partition coefficient (Wildman–Crippen LogP) is 3.95. The van der Waals surface area contributed by atoms with Crippen molar-refractivity contribution in [3.8, 4) is 0 Å². The van der Waals surface area contributed by atoms with Crippen LogP contribution in [0.4, 0.5) is 0 Å². The van der Waals surface area contributed by atoms with Crippen molar-refractivity contribution in [3.05, 3.63) is 82.9 Å². The van der Waals surface area contributed by atoms with Crippen molar-refractivity contribution >= 4 is 22.3 Å². The highest BCUT2D eigenvalue weighted by atomic mass is 16.3. The van der Waals surface area contributed by atoms with E-state index in [0.717, 1.165) is 33.0 Å². The lowest BCUT2D eigenvalue weighted by molar-refractivity contribution is -0.129. The topological polar surface area (TPSA) is 54.4 Å². The van der Waals surface area contributed by atoms with Gasteiger partial charge in [0.25, 0.3) is 0 Å². The molecule has 0 radical (unpaired) electrons. The quantitative estimate of drug-likeness (QED) is 0.654. The van der Waals surface area contributed by atoms with Gasteiger partial charge in [-0.15, -0.1) is 0 Å². The number of carbonyl (C=O) groups is 2. The molecule has 3 aromatic rings. The van der Waals surface area contributed by atoms with Gasteiger partial charge in [-0.05, 0) is 46.4 Å². The number of ketones is 2. The van der Waals surface area contributed by atoms with Gasteiger partial charge in [-0.2, -0.15) is 0 Å². The standard InChI is InChI=1S/C25H20O3/c26-21-10-9-14-5-3-4-8-20(14)25(21)22(27)13-19-23(25)17-11-15-6-1-2-7-16(15)12-18(17)24(19)28/h1-8,11-12,19,22-23,27H,9-10,13H2/t19-,22-,23-,25+/m1/s1. The average molecular weight is 368 g/mol. The Balaban J connectivity index is 1.67. The lowest BCUT2D eigenvalue weighted by Crippen LogP contribution is -2.49. The SMILES string of the molecule is O=C1c2cc3ccccc3cc2[C@@H]2[C@H]1C[C@@H](O)[C@]21C(=O)CCc2ccccc21. The first-order chi connectivity index (χ1) is 13.6. The van der Waals surface area contributed by atoms with Gasteiger partial charge in [-0.1, -0.05) is 54.6 Å². The van der Waals surface area contributed by atoms with Crippen molar-refractivity contribution in [2.45, 2.75) is 36.7 Å². The van der Waals surface area contributed by atoms with Gasteiger partial charge in [-0.25, -0.2) is 0 Å². The molecule has 28 heavy (non-hydrogen) atoms. The molecule has 4 atom stereocenters. The third-order valence-electron chi connectivity index (χ3n) is 7.30. The summed E-state index contributed by atoms with van der Waals surface area (Å²) < 4.78 is 0. The number of carbonyl (C=O) groups excluding carboxylic acids is 2. The van der Waals surface area contributed by atoms with Gasteiger partial charge in [0.1, 0.15) is 5.78 Å². The first-order valence-corrected chi connectivity index (χ1v) is 9.99. The predicted molar refractivity (Wildman–Crippen MR) is 107 cm³/mol. The zero-order valence-corrected chi connectivity index (χ0v) is 15.4. The minimum Gasteiger partial charge on any atom is -0.392 e. The molecular weight excluding hydrogens is 348 g/mol. The van der Waals surface area contributed by atoms with Crippen LogP contribution in [-0.2, 0) is 16.6 Å². The molecule has 1 N–H and O–H groups in total. The second kappa shape index (κ2) is 5.39. The summed E-state index contributed by atoms with van der Waals surface area (Å²) in [7, 11) is 0. The van der Waals surface area contributed by atoms with Crippen LogP contribution < -0.4 is 0 Å².